The molecule has 0 aliphatic carbocycles. The molecule has 0 bridgehead atoms. The first kappa shape index (κ1) is 20.4. The first-order valence-electron chi connectivity index (χ1n) is 10.2. The van der Waals surface area contributed by atoms with Crippen molar-refractivity contribution in [2.45, 2.75) is 13.8 Å². The number of carbonyl (C=O) groups excluding carboxylic acids is 2. The molecule has 3 aromatic carbocycles. The quantitative estimate of drug-likeness (QED) is 0.384. The summed E-state index contributed by atoms with van der Waals surface area (Å²) in [6.07, 6.45) is 3.77. The Morgan fingerprint density at radius 3 is 2.39 bits per heavy atom. The van der Waals surface area contributed by atoms with Crippen molar-refractivity contribution in [2.24, 2.45) is 0 Å². The van der Waals surface area contributed by atoms with E-state index in [1.807, 2.05) is 79.7 Å². The van der Waals surface area contributed by atoms with Crippen molar-refractivity contribution in [3.05, 3.63) is 107 Å². The van der Waals surface area contributed by atoms with Crippen molar-refractivity contribution in [1.29, 1.82) is 0 Å². The third-order valence-corrected chi connectivity index (χ3v) is 5.08. The van der Waals surface area contributed by atoms with Crippen LogP contribution in [0.3, 0.4) is 0 Å². The van der Waals surface area contributed by atoms with Crippen LogP contribution in [0.2, 0.25) is 0 Å². The van der Waals surface area contributed by atoms with Gasteiger partial charge in [0.15, 0.2) is 5.78 Å². The molecule has 0 saturated heterocycles. The van der Waals surface area contributed by atoms with E-state index in [1.165, 1.54) is 6.92 Å². The van der Waals surface area contributed by atoms with Gasteiger partial charge in [-0.25, -0.2) is 0 Å². The smallest absolute Gasteiger partial charge is 0.262 e. The number of amides is 1. The zero-order chi connectivity index (χ0) is 21.8. The summed E-state index contributed by atoms with van der Waals surface area (Å²) >= 11 is 0. The fraction of sp³-hybridized carbons (Fsp3) is 0.111. The van der Waals surface area contributed by atoms with Gasteiger partial charge in [0.1, 0.15) is 5.75 Å². The Morgan fingerprint density at radius 1 is 0.968 bits per heavy atom. The fourth-order valence-electron chi connectivity index (χ4n) is 3.56. The van der Waals surface area contributed by atoms with E-state index >= 15 is 0 Å². The van der Waals surface area contributed by atoms with E-state index in [0.717, 1.165) is 22.6 Å². The number of nitrogens with zero attached hydrogens (tertiary/aromatic N) is 1. The van der Waals surface area contributed by atoms with E-state index < -0.39 is 0 Å². The molecule has 0 spiro atoms. The highest BCUT2D eigenvalue weighted by molar-refractivity contribution is 6.23. The lowest BCUT2D eigenvalue weighted by Gasteiger charge is -2.21. The maximum absolute atomic E-state index is 13.4. The van der Waals surface area contributed by atoms with Gasteiger partial charge in [0.2, 0.25) is 0 Å². The van der Waals surface area contributed by atoms with Gasteiger partial charge in [-0.1, -0.05) is 54.6 Å². The van der Waals surface area contributed by atoms with Crippen LogP contribution in [0.4, 0.5) is 5.69 Å². The number of Topliss-reactive ketones (excluding diaryl/α,β-unsaturated/α-hetero) is 1. The maximum atomic E-state index is 13.4. The summed E-state index contributed by atoms with van der Waals surface area (Å²) in [4.78, 5) is 27.0. The Morgan fingerprint density at radius 2 is 1.71 bits per heavy atom. The van der Waals surface area contributed by atoms with Crippen molar-refractivity contribution >= 4 is 29.2 Å². The molecule has 4 nitrogen and oxygen atoms in total. The van der Waals surface area contributed by atoms with E-state index in [2.05, 4.69) is 0 Å². The normalized spacial score (nSPS) is 14.6. The van der Waals surface area contributed by atoms with Crippen molar-refractivity contribution in [2.75, 3.05) is 11.5 Å². The van der Waals surface area contributed by atoms with Gasteiger partial charge in [-0.3, -0.25) is 14.5 Å². The number of hydrogen-bond donors (Lipinski definition) is 0. The van der Waals surface area contributed by atoms with Crippen LogP contribution in [0, 0.1) is 0 Å². The molecule has 4 heteroatoms. The number of ketones is 1. The number of carbonyl (C=O) groups is 2. The van der Waals surface area contributed by atoms with Gasteiger partial charge in [-0.05, 0) is 61.4 Å². The van der Waals surface area contributed by atoms with Crippen molar-refractivity contribution in [1.82, 2.24) is 0 Å². The third kappa shape index (κ3) is 4.33. The average Bonchev–Trinajstić information content (AvgIpc) is 3.12. The molecule has 1 amide bonds. The molecule has 0 N–H and O–H groups in total. The van der Waals surface area contributed by atoms with Crippen LogP contribution in [-0.2, 0) is 4.79 Å². The van der Waals surface area contributed by atoms with Gasteiger partial charge >= 0.3 is 0 Å². The van der Waals surface area contributed by atoms with Crippen LogP contribution in [0.1, 0.15) is 35.3 Å². The first-order valence-corrected chi connectivity index (χ1v) is 10.2. The summed E-state index contributed by atoms with van der Waals surface area (Å²) in [5.74, 6) is 0.628. The zero-order valence-electron chi connectivity index (χ0n) is 17.5. The minimum absolute atomic E-state index is 0.0381. The molecule has 0 fully saturated rings. The van der Waals surface area contributed by atoms with Crippen molar-refractivity contribution in [3.8, 4) is 5.75 Å². The highest BCUT2D eigenvalue weighted by atomic mass is 16.5. The molecule has 1 heterocycles. The average molecular weight is 409 g/mol. The number of benzene rings is 3. The molecule has 0 atom stereocenters. The highest BCUT2D eigenvalue weighted by Crippen LogP contribution is 2.35. The summed E-state index contributed by atoms with van der Waals surface area (Å²) in [7, 11) is 0. The van der Waals surface area contributed by atoms with E-state index in [1.54, 1.807) is 23.1 Å². The summed E-state index contributed by atoms with van der Waals surface area (Å²) in [5, 5.41) is 0. The molecule has 0 saturated carbocycles. The Kier molecular flexibility index (Phi) is 5.80. The largest absolute Gasteiger partial charge is 0.494 e. The zero-order valence-corrected chi connectivity index (χ0v) is 17.5. The number of anilines is 1. The molecule has 31 heavy (non-hydrogen) atoms. The van der Waals surface area contributed by atoms with Crippen molar-refractivity contribution in [3.63, 3.8) is 0 Å². The Balaban J connectivity index is 1.77. The Labute approximate surface area is 182 Å². The molecule has 1 aliphatic rings. The van der Waals surface area contributed by atoms with Gasteiger partial charge < -0.3 is 4.74 Å². The van der Waals surface area contributed by atoms with Gasteiger partial charge in [-0.2, -0.15) is 0 Å². The standard InChI is InChI=1S/C27H23NO3/c1-3-31-25-14-12-20(13-15-25)16-23-18-26(21-8-5-4-6-9-21)28(27(23)30)24-11-7-10-22(17-24)19(2)29/h4-18H,3H2,1-2H3/b23-16+. The lowest BCUT2D eigenvalue weighted by atomic mass is 10.1. The molecular formula is C27H23NO3. The van der Waals surface area contributed by atoms with E-state index in [0.29, 0.717) is 23.4 Å². The van der Waals surface area contributed by atoms with Crippen LogP contribution in [0.5, 0.6) is 5.75 Å². The second-order valence-electron chi connectivity index (χ2n) is 7.24. The Hall–Kier alpha value is -3.92. The summed E-state index contributed by atoms with van der Waals surface area (Å²) in [6, 6.07) is 24.6. The second-order valence-corrected chi connectivity index (χ2v) is 7.24. The Bertz CT molecular complexity index is 1170. The minimum atomic E-state index is -0.131. The highest BCUT2D eigenvalue weighted by Gasteiger charge is 2.30. The predicted octanol–water partition coefficient (Wildman–Crippen LogP) is 5.76. The molecule has 4 rings (SSSR count). The van der Waals surface area contributed by atoms with E-state index in [4.69, 9.17) is 4.74 Å². The molecular weight excluding hydrogens is 386 g/mol. The minimum Gasteiger partial charge on any atom is -0.494 e. The van der Waals surface area contributed by atoms with E-state index in [9.17, 15) is 9.59 Å². The van der Waals surface area contributed by atoms with Gasteiger partial charge in [-0.15, -0.1) is 0 Å². The summed E-state index contributed by atoms with van der Waals surface area (Å²) < 4.78 is 5.50. The summed E-state index contributed by atoms with van der Waals surface area (Å²) in [5.41, 5.74) is 4.44. The van der Waals surface area contributed by atoms with Crippen molar-refractivity contribution < 1.29 is 14.3 Å². The fourth-order valence-corrected chi connectivity index (χ4v) is 3.56. The molecule has 154 valence electrons. The van der Waals surface area contributed by atoms with Crippen LogP contribution >= 0.6 is 0 Å². The first-order chi connectivity index (χ1) is 15.1. The van der Waals surface area contributed by atoms with Crippen LogP contribution < -0.4 is 9.64 Å². The predicted molar refractivity (Wildman–Crippen MR) is 124 cm³/mol. The topological polar surface area (TPSA) is 46.6 Å². The van der Waals surface area contributed by atoms with Crippen LogP contribution in [0.25, 0.3) is 11.8 Å². The molecule has 0 aromatic heterocycles. The molecule has 3 aromatic rings. The SMILES string of the molecule is CCOc1ccc(/C=C2\C=C(c3ccccc3)N(c3cccc(C(C)=O)c3)C2=O)cc1. The molecule has 0 radical (unpaired) electrons. The number of rotatable bonds is 6. The van der Waals surface area contributed by atoms with E-state index in [-0.39, 0.29) is 11.7 Å². The monoisotopic (exact) mass is 409 g/mol. The maximum Gasteiger partial charge on any atom is 0.262 e. The van der Waals surface area contributed by atoms with Gasteiger partial charge in [0, 0.05) is 16.8 Å². The second kappa shape index (κ2) is 8.84. The molecule has 0 unspecified atom stereocenters. The van der Waals surface area contributed by atoms with Crippen LogP contribution in [-0.4, -0.2) is 18.3 Å². The summed E-state index contributed by atoms with van der Waals surface area (Å²) in [6.45, 7) is 4.07. The lowest BCUT2D eigenvalue weighted by molar-refractivity contribution is -0.113. The molecule has 1 aliphatic heterocycles. The third-order valence-electron chi connectivity index (χ3n) is 5.08. The number of ether oxygens (including phenoxy) is 1. The van der Waals surface area contributed by atoms with Crippen LogP contribution in [0.15, 0.2) is 90.5 Å². The lowest BCUT2D eigenvalue weighted by Crippen LogP contribution is -2.25. The van der Waals surface area contributed by atoms with Gasteiger partial charge in [0.25, 0.3) is 5.91 Å². The van der Waals surface area contributed by atoms with Gasteiger partial charge in [0.05, 0.1) is 12.3 Å². The number of hydrogen-bond acceptors (Lipinski definition) is 3.